The highest BCUT2D eigenvalue weighted by Crippen LogP contribution is 2.28. The summed E-state index contributed by atoms with van der Waals surface area (Å²) in [7, 11) is 1.68. The van der Waals surface area contributed by atoms with E-state index in [9.17, 15) is 0 Å². The Hall–Kier alpha value is -1.29. The summed E-state index contributed by atoms with van der Waals surface area (Å²) in [5.74, 6) is 0.870. The number of nitrogens with two attached hydrogens (primary N) is 1. The van der Waals surface area contributed by atoms with Crippen LogP contribution in [0.1, 0.15) is 6.42 Å². The van der Waals surface area contributed by atoms with Crippen molar-refractivity contribution in [1.82, 2.24) is 4.98 Å². The SMILES string of the molecule is COc1ccncc1N1CCC(N)C1. The number of pyridine rings is 1. The average molecular weight is 193 g/mol. The van der Waals surface area contributed by atoms with Gasteiger partial charge in [-0.15, -0.1) is 0 Å². The van der Waals surface area contributed by atoms with Crippen LogP contribution in [0.3, 0.4) is 0 Å². The largest absolute Gasteiger partial charge is 0.494 e. The van der Waals surface area contributed by atoms with Crippen molar-refractivity contribution >= 4 is 5.69 Å². The summed E-state index contributed by atoms with van der Waals surface area (Å²) in [6.45, 7) is 1.88. The Morgan fingerprint density at radius 1 is 1.64 bits per heavy atom. The van der Waals surface area contributed by atoms with E-state index < -0.39 is 0 Å². The van der Waals surface area contributed by atoms with Crippen LogP contribution in [-0.2, 0) is 0 Å². The fraction of sp³-hybridized carbons (Fsp3) is 0.500. The molecule has 0 bridgehead atoms. The molecule has 1 aliphatic rings. The van der Waals surface area contributed by atoms with Gasteiger partial charge >= 0.3 is 0 Å². The Bertz CT molecular complexity index is 316. The third-order valence-corrected chi connectivity index (χ3v) is 2.55. The summed E-state index contributed by atoms with van der Waals surface area (Å²) in [5, 5.41) is 0. The highest BCUT2D eigenvalue weighted by atomic mass is 16.5. The number of aromatic nitrogens is 1. The van der Waals surface area contributed by atoms with E-state index in [1.165, 1.54) is 0 Å². The quantitative estimate of drug-likeness (QED) is 0.748. The van der Waals surface area contributed by atoms with E-state index in [1.807, 2.05) is 12.3 Å². The minimum Gasteiger partial charge on any atom is -0.494 e. The molecule has 4 heteroatoms. The maximum atomic E-state index is 5.85. The van der Waals surface area contributed by atoms with Gasteiger partial charge in [-0.1, -0.05) is 0 Å². The normalized spacial score (nSPS) is 21.3. The van der Waals surface area contributed by atoms with Gasteiger partial charge in [0.15, 0.2) is 0 Å². The molecule has 2 rings (SSSR count). The van der Waals surface area contributed by atoms with Gasteiger partial charge in [-0.2, -0.15) is 0 Å². The van der Waals surface area contributed by atoms with Crippen molar-refractivity contribution in [2.75, 3.05) is 25.1 Å². The fourth-order valence-corrected chi connectivity index (χ4v) is 1.79. The predicted octanol–water partition coefficient (Wildman–Crippen LogP) is 0.628. The molecular weight excluding hydrogens is 178 g/mol. The Morgan fingerprint density at radius 3 is 3.14 bits per heavy atom. The van der Waals surface area contributed by atoms with Crippen molar-refractivity contribution in [3.05, 3.63) is 18.5 Å². The van der Waals surface area contributed by atoms with Gasteiger partial charge in [-0.25, -0.2) is 0 Å². The maximum absolute atomic E-state index is 5.85. The van der Waals surface area contributed by atoms with Crippen molar-refractivity contribution in [3.63, 3.8) is 0 Å². The van der Waals surface area contributed by atoms with Gasteiger partial charge in [0.2, 0.25) is 0 Å². The minimum absolute atomic E-state index is 0.278. The lowest BCUT2D eigenvalue weighted by atomic mass is 10.3. The van der Waals surface area contributed by atoms with Gasteiger partial charge in [0, 0.05) is 31.4 Å². The average Bonchev–Trinajstić information content (AvgIpc) is 2.65. The number of nitrogens with zero attached hydrogens (tertiary/aromatic N) is 2. The van der Waals surface area contributed by atoms with Gasteiger partial charge in [-0.05, 0) is 6.42 Å². The first-order valence-corrected chi connectivity index (χ1v) is 4.80. The number of rotatable bonds is 2. The van der Waals surface area contributed by atoms with E-state index in [0.29, 0.717) is 0 Å². The number of hydrogen-bond donors (Lipinski definition) is 1. The molecule has 0 amide bonds. The minimum atomic E-state index is 0.278. The predicted molar refractivity (Wildman–Crippen MR) is 55.6 cm³/mol. The third-order valence-electron chi connectivity index (χ3n) is 2.55. The molecule has 0 aromatic carbocycles. The standard InChI is InChI=1S/C10H15N3O/c1-14-10-2-4-12-6-9(10)13-5-3-8(11)7-13/h2,4,6,8H,3,5,7,11H2,1H3. The van der Waals surface area contributed by atoms with Crippen LogP contribution in [0.2, 0.25) is 0 Å². The summed E-state index contributed by atoms with van der Waals surface area (Å²) in [6, 6.07) is 2.15. The monoisotopic (exact) mass is 193 g/mol. The van der Waals surface area contributed by atoms with Crippen LogP contribution in [0.5, 0.6) is 5.75 Å². The number of methoxy groups -OCH3 is 1. The van der Waals surface area contributed by atoms with Crippen LogP contribution < -0.4 is 15.4 Å². The maximum Gasteiger partial charge on any atom is 0.145 e. The summed E-state index contributed by atoms with van der Waals surface area (Å²) < 4.78 is 5.27. The highest BCUT2D eigenvalue weighted by Gasteiger charge is 2.21. The molecule has 0 saturated carbocycles. The molecule has 4 nitrogen and oxygen atoms in total. The van der Waals surface area contributed by atoms with Gasteiger partial charge in [0.05, 0.1) is 19.0 Å². The summed E-state index contributed by atoms with van der Waals surface area (Å²) in [5.41, 5.74) is 6.90. The zero-order chi connectivity index (χ0) is 9.97. The van der Waals surface area contributed by atoms with Gasteiger partial charge < -0.3 is 15.4 Å². The van der Waals surface area contributed by atoms with E-state index >= 15 is 0 Å². The molecule has 1 fully saturated rings. The van der Waals surface area contributed by atoms with Crippen molar-refractivity contribution < 1.29 is 4.74 Å². The molecule has 1 aliphatic heterocycles. The second-order valence-corrected chi connectivity index (χ2v) is 3.54. The van der Waals surface area contributed by atoms with Crippen molar-refractivity contribution in [2.24, 2.45) is 5.73 Å². The number of ether oxygens (including phenoxy) is 1. The van der Waals surface area contributed by atoms with Crippen LogP contribution in [0.15, 0.2) is 18.5 Å². The van der Waals surface area contributed by atoms with Crippen molar-refractivity contribution in [1.29, 1.82) is 0 Å². The molecule has 0 aliphatic carbocycles. The molecule has 76 valence electrons. The molecule has 1 aromatic heterocycles. The van der Waals surface area contributed by atoms with E-state index in [-0.39, 0.29) is 6.04 Å². The van der Waals surface area contributed by atoms with Crippen LogP contribution >= 0.6 is 0 Å². The zero-order valence-electron chi connectivity index (χ0n) is 8.31. The second kappa shape index (κ2) is 3.84. The molecule has 1 saturated heterocycles. The fourth-order valence-electron chi connectivity index (χ4n) is 1.79. The summed E-state index contributed by atoms with van der Waals surface area (Å²) >= 11 is 0. The van der Waals surface area contributed by atoms with Crippen LogP contribution in [-0.4, -0.2) is 31.2 Å². The Kier molecular flexibility index (Phi) is 2.54. The first-order valence-electron chi connectivity index (χ1n) is 4.80. The Morgan fingerprint density at radius 2 is 2.50 bits per heavy atom. The Labute approximate surface area is 83.7 Å². The van der Waals surface area contributed by atoms with E-state index in [4.69, 9.17) is 10.5 Å². The smallest absolute Gasteiger partial charge is 0.145 e. The summed E-state index contributed by atoms with van der Waals surface area (Å²) in [4.78, 5) is 6.32. The molecule has 14 heavy (non-hydrogen) atoms. The van der Waals surface area contributed by atoms with E-state index in [0.717, 1.165) is 30.9 Å². The van der Waals surface area contributed by atoms with Crippen LogP contribution in [0.25, 0.3) is 0 Å². The van der Waals surface area contributed by atoms with E-state index in [1.54, 1.807) is 13.3 Å². The van der Waals surface area contributed by atoms with Crippen LogP contribution in [0.4, 0.5) is 5.69 Å². The summed E-state index contributed by atoms with van der Waals surface area (Å²) in [6.07, 6.45) is 4.60. The van der Waals surface area contributed by atoms with Crippen LogP contribution in [0, 0.1) is 0 Å². The topological polar surface area (TPSA) is 51.4 Å². The lowest BCUT2D eigenvalue weighted by Crippen LogP contribution is -2.26. The number of anilines is 1. The molecule has 1 atom stereocenters. The molecule has 0 radical (unpaired) electrons. The van der Waals surface area contributed by atoms with Crippen molar-refractivity contribution in [3.8, 4) is 5.75 Å². The molecule has 1 aromatic rings. The second-order valence-electron chi connectivity index (χ2n) is 3.54. The molecule has 2 heterocycles. The Balaban J connectivity index is 2.22. The third kappa shape index (κ3) is 1.65. The van der Waals surface area contributed by atoms with Gasteiger partial charge in [0.25, 0.3) is 0 Å². The van der Waals surface area contributed by atoms with Crippen molar-refractivity contribution in [2.45, 2.75) is 12.5 Å². The molecule has 1 unspecified atom stereocenters. The lowest BCUT2D eigenvalue weighted by Gasteiger charge is -2.19. The van der Waals surface area contributed by atoms with E-state index in [2.05, 4.69) is 9.88 Å². The molecule has 0 spiro atoms. The first kappa shape index (κ1) is 9.27. The first-order chi connectivity index (χ1) is 6.81. The zero-order valence-corrected chi connectivity index (χ0v) is 8.31. The highest BCUT2D eigenvalue weighted by molar-refractivity contribution is 5.57. The van der Waals surface area contributed by atoms with Gasteiger partial charge in [0.1, 0.15) is 5.75 Å². The molecule has 2 N–H and O–H groups in total. The van der Waals surface area contributed by atoms with Gasteiger partial charge in [-0.3, -0.25) is 4.98 Å². The lowest BCUT2D eigenvalue weighted by molar-refractivity contribution is 0.414. The number of hydrogen-bond acceptors (Lipinski definition) is 4. The molecular formula is C10H15N3O.